The van der Waals surface area contributed by atoms with Gasteiger partial charge in [0.1, 0.15) is 12.4 Å². The fraction of sp³-hybridized carbons (Fsp3) is 0.889. The first-order valence-corrected chi connectivity index (χ1v) is 13.0. The normalized spacial score (nSPS) is 44.6. The first-order valence-electron chi connectivity index (χ1n) is 13.0. The lowest BCUT2D eigenvalue weighted by Crippen LogP contribution is -2.79. The Morgan fingerprint density at radius 2 is 1.88 bits per heavy atom. The number of rotatable bonds is 6. The molecule has 1 aliphatic heterocycles. The zero-order valence-corrected chi connectivity index (χ0v) is 21.6. The number of carbonyl (C=O) groups excluding carboxylic acids is 3. The van der Waals surface area contributed by atoms with Gasteiger partial charge in [-0.05, 0) is 54.8 Å². The van der Waals surface area contributed by atoms with Crippen molar-refractivity contribution in [2.75, 3.05) is 6.61 Å². The molecule has 3 aliphatic carbocycles. The Morgan fingerprint density at radius 1 is 1.18 bits per heavy atom. The van der Waals surface area contributed by atoms with Crippen LogP contribution in [-0.4, -0.2) is 47.9 Å². The van der Waals surface area contributed by atoms with Gasteiger partial charge in [-0.25, -0.2) is 0 Å². The topological polar surface area (TPSA) is 99.1 Å². The van der Waals surface area contributed by atoms with Crippen LogP contribution in [0.1, 0.15) is 86.5 Å². The van der Waals surface area contributed by atoms with E-state index in [1.165, 1.54) is 6.92 Å². The van der Waals surface area contributed by atoms with E-state index in [0.717, 1.165) is 38.4 Å². The van der Waals surface area contributed by atoms with E-state index in [9.17, 15) is 19.5 Å². The number of ether oxygens (including phenoxy) is 3. The third-order valence-corrected chi connectivity index (χ3v) is 9.78. The maximum atomic E-state index is 12.6. The van der Waals surface area contributed by atoms with Crippen molar-refractivity contribution in [2.24, 2.45) is 39.9 Å². The van der Waals surface area contributed by atoms with Crippen LogP contribution in [0.4, 0.5) is 0 Å². The minimum absolute atomic E-state index is 0.124. The highest BCUT2D eigenvalue weighted by atomic mass is 16.7. The van der Waals surface area contributed by atoms with Gasteiger partial charge in [0.25, 0.3) is 0 Å². The lowest BCUT2D eigenvalue weighted by molar-refractivity contribution is -0.421. The lowest BCUT2D eigenvalue weighted by Gasteiger charge is -2.72. The van der Waals surface area contributed by atoms with Gasteiger partial charge < -0.3 is 24.1 Å². The molecule has 0 amide bonds. The zero-order valence-electron chi connectivity index (χ0n) is 21.6. The van der Waals surface area contributed by atoms with Gasteiger partial charge >= 0.3 is 11.9 Å². The van der Waals surface area contributed by atoms with E-state index in [4.69, 9.17) is 14.2 Å². The minimum Gasteiger partial charge on any atom is -0.465 e. The second-order valence-electron chi connectivity index (χ2n) is 12.8. The molecule has 4 rings (SSSR count). The van der Waals surface area contributed by atoms with Crippen LogP contribution < -0.4 is 0 Å². The first-order chi connectivity index (χ1) is 15.8. The Labute approximate surface area is 203 Å². The fourth-order valence-electron chi connectivity index (χ4n) is 8.45. The molecule has 1 N–H and O–H groups in total. The van der Waals surface area contributed by atoms with Crippen molar-refractivity contribution in [3.05, 3.63) is 0 Å². The molecule has 8 atom stereocenters. The number of aldehydes is 1. The van der Waals surface area contributed by atoms with Crippen molar-refractivity contribution in [3.63, 3.8) is 0 Å². The Bertz CT molecular complexity index is 837. The molecule has 4 fully saturated rings. The van der Waals surface area contributed by atoms with Gasteiger partial charge in [-0.2, -0.15) is 0 Å². The van der Waals surface area contributed by atoms with Gasteiger partial charge in [-0.15, -0.1) is 0 Å². The molecule has 1 heterocycles. The molecule has 0 aromatic carbocycles. The summed E-state index contributed by atoms with van der Waals surface area (Å²) in [5.74, 6) is -0.903. The predicted octanol–water partition coefficient (Wildman–Crippen LogP) is 4.04. The molecule has 0 unspecified atom stereocenters. The highest BCUT2D eigenvalue weighted by molar-refractivity contribution is 5.69. The van der Waals surface area contributed by atoms with Gasteiger partial charge in [0.2, 0.25) is 6.29 Å². The van der Waals surface area contributed by atoms with Crippen LogP contribution in [0.5, 0.6) is 0 Å². The Balaban J connectivity index is 1.75. The standard InChI is InChI=1S/C27H42O7/c1-16(2)12-20(30)32-15-26-11-8-19-24(4,5)9-7-10-25(19,6)21(26)22-27(31,13-18(26)14-28)23(34-22)33-17(3)29/h14,16,18-19,21-23,31H,7-13,15H2,1-6H3/t18-,19-,21+,22+,23-,25-,26+,27+/m0/s1. The van der Waals surface area contributed by atoms with Crippen molar-refractivity contribution in [1.82, 2.24) is 0 Å². The van der Waals surface area contributed by atoms with Crippen LogP contribution in [0.15, 0.2) is 0 Å². The summed E-state index contributed by atoms with van der Waals surface area (Å²) in [6.45, 7) is 12.3. The smallest absolute Gasteiger partial charge is 0.306 e. The first kappa shape index (κ1) is 25.6. The average molecular weight is 479 g/mol. The molecule has 1 saturated heterocycles. The van der Waals surface area contributed by atoms with E-state index >= 15 is 0 Å². The monoisotopic (exact) mass is 478 g/mol. The summed E-state index contributed by atoms with van der Waals surface area (Å²) < 4.78 is 17.3. The summed E-state index contributed by atoms with van der Waals surface area (Å²) in [5, 5.41) is 11.8. The molecule has 34 heavy (non-hydrogen) atoms. The number of hydrogen-bond acceptors (Lipinski definition) is 7. The van der Waals surface area contributed by atoms with Crippen molar-refractivity contribution in [1.29, 1.82) is 0 Å². The number of aliphatic hydroxyl groups is 1. The van der Waals surface area contributed by atoms with E-state index < -0.39 is 35.3 Å². The minimum atomic E-state index is -1.42. The molecule has 3 saturated carbocycles. The Hall–Kier alpha value is -1.47. The predicted molar refractivity (Wildman–Crippen MR) is 124 cm³/mol. The largest absolute Gasteiger partial charge is 0.465 e. The molecule has 0 radical (unpaired) electrons. The summed E-state index contributed by atoms with van der Waals surface area (Å²) in [4.78, 5) is 36.8. The number of carbonyl (C=O) groups is 3. The van der Waals surface area contributed by atoms with Crippen LogP contribution >= 0.6 is 0 Å². The van der Waals surface area contributed by atoms with Crippen molar-refractivity contribution in [2.45, 2.75) is 104 Å². The van der Waals surface area contributed by atoms with E-state index in [2.05, 4.69) is 20.8 Å². The highest BCUT2D eigenvalue weighted by Gasteiger charge is 2.76. The number of fused-ring (bicyclic) bond motifs is 5. The maximum absolute atomic E-state index is 12.6. The second kappa shape index (κ2) is 8.58. The zero-order chi connectivity index (χ0) is 25.1. The third-order valence-electron chi connectivity index (χ3n) is 9.78. The van der Waals surface area contributed by atoms with E-state index in [1.54, 1.807) is 0 Å². The summed E-state index contributed by atoms with van der Waals surface area (Å²) in [6, 6.07) is 0. The Morgan fingerprint density at radius 3 is 2.50 bits per heavy atom. The van der Waals surface area contributed by atoms with Gasteiger partial charge in [0, 0.05) is 30.6 Å². The second-order valence-corrected chi connectivity index (χ2v) is 12.8. The van der Waals surface area contributed by atoms with Crippen molar-refractivity contribution in [3.8, 4) is 0 Å². The molecule has 4 aliphatic rings. The SMILES string of the molecule is CC(=O)O[C@H]1O[C@@H]2[C@@H]3[C@@]4(C)CCCC(C)(C)[C@@H]4CC[C@@]3(COC(=O)CC(C)C)[C@H](C=O)C[C@]12O. The highest BCUT2D eigenvalue weighted by Crippen LogP contribution is 2.71. The quantitative estimate of drug-likeness (QED) is 0.454. The number of esters is 2. The summed E-state index contributed by atoms with van der Waals surface area (Å²) in [6.07, 6.45) is 4.62. The van der Waals surface area contributed by atoms with Gasteiger partial charge in [0.15, 0.2) is 5.60 Å². The molecule has 192 valence electrons. The van der Waals surface area contributed by atoms with Gasteiger partial charge in [-0.1, -0.05) is 41.0 Å². The summed E-state index contributed by atoms with van der Waals surface area (Å²) in [5.41, 5.74) is -2.10. The van der Waals surface area contributed by atoms with E-state index in [-0.39, 0.29) is 41.7 Å². The van der Waals surface area contributed by atoms with Gasteiger partial charge in [-0.3, -0.25) is 9.59 Å². The third kappa shape index (κ3) is 3.82. The molecule has 7 heteroatoms. The number of hydrogen-bond donors (Lipinski definition) is 1. The van der Waals surface area contributed by atoms with Crippen molar-refractivity contribution >= 4 is 18.2 Å². The molecule has 0 aromatic heterocycles. The average Bonchev–Trinajstić information content (AvgIpc) is 2.72. The van der Waals surface area contributed by atoms with Gasteiger partial charge in [0.05, 0.1) is 6.61 Å². The Kier molecular flexibility index (Phi) is 6.46. The maximum Gasteiger partial charge on any atom is 0.306 e. The molecule has 0 spiro atoms. The molecule has 0 bridgehead atoms. The molecule has 0 aromatic rings. The van der Waals surface area contributed by atoms with Crippen LogP contribution in [-0.2, 0) is 28.6 Å². The van der Waals surface area contributed by atoms with E-state index in [1.807, 2.05) is 13.8 Å². The van der Waals surface area contributed by atoms with E-state index in [0.29, 0.717) is 12.3 Å². The summed E-state index contributed by atoms with van der Waals surface area (Å²) in [7, 11) is 0. The fourth-order valence-corrected chi connectivity index (χ4v) is 8.45. The van der Waals surface area contributed by atoms with Crippen LogP contribution in [0, 0.1) is 39.9 Å². The summed E-state index contributed by atoms with van der Waals surface area (Å²) >= 11 is 0. The van der Waals surface area contributed by atoms with Crippen molar-refractivity contribution < 1.29 is 33.7 Å². The molecule has 7 nitrogen and oxygen atoms in total. The lowest BCUT2D eigenvalue weighted by atomic mass is 9.37. The van der Waals surface area contributed by atoms with Crippen LogP contribution in [0.2, 0.25) is 0 Å². The van der Waals surface area contributed by atoms with Crippen LogP contribution in [0.25, 0.3) is 0 Å². The molecular formula is C27H42O7. The molecular weight excluding hydrogens is 436 g/mol. The van der Waals surface area contributed by atoms with Crippen LogP contribution in [0.3, 0.4) is 0 Å².